The number of amides is 1. The Bertz CT molecular complexity index is 1040. The molecule has 1 amide bonds. The normalized spacial score (nSPS) is 13.2. The topological polar surface area (TPSA) is 46.9 Å². The Morgan fingerprint density at radius 1 is 0.967 bits per heavy atom. The van der Waals surface area contributed by atoms with Crippen LogP contribution in [-0.2, 0) is 12.4 Å². The summed E-state index contributed by atoms with van der Waals surface area (Å²) in [5, 5.41) is 6.00. The van der Waals surface area contributed by atoms with E-state index in [1.165, 1.54) is 0 Å². The van der Waals surface area contributed by atoms with Gasteiger partial charge in [-0.25, -0.2) is 4.68 Å². The van der Waals surface area contributed by atoms with Crippen molar-refractivity contribution in [3.63, 3.8) is 0 Å². The minimum Gasteiger partial charge on any atom is -0.345 e. The van der Waals surface area contributed by atoms with E-state index >= 15 is 0 Å². The lowest BCUT2D eigenvalue weighted by atomic mass is 10.1. The molecule has 1 N–H and O–H groups in total. The Balaban J connectivity index is 2.00. The van der Waals surface area contributed by atoms with E-state index in [1.54, 1.807) is 37.3 Å². The van der Waals surface area contributed by atoms with Gasteiger partial charge in [0.15, 0.2) is 5.69 Å². The first kappa shape index (κ1) is 21.4. The van der Waals surface area contributed by atoms with Gasteiger partial charge in [-0.15, -0.1) is 0 Å². The number of nitrogens with zero attached hydrogens (tertiary/aromatic N) is 2. The molecule has 1 aromatic heterocycles. The van der Waals surface area contributed by atoms with E-state index in [9.17, 15) is 31.1 Å². The fourth-order valence-corrected chi connectivity index (χ4v) is 2.90. The molecule has 0 unspecified atom stereocenters. The Hall–Kier alpha value is -3.30. The Morgan fingerprint density at radius 3 is 2.23 bits per heavy atom. The molecule has 0 saturated carbocycles. The molecule has 0 radical (unpaired) electrons. The quantitative estimate of drug-likeness (QED) is 0.567. The van der Waals surface area contributed by atoms with Gasteiger partial charge in [-0.2, -0.15) is 31.4 Å². The second-order valence-electron chi connectivity index (χ2n) is 6.47. The van der Waals surface area contributed by atoms with E-state index in [0.717, 1.165) is 18.2 Å². The molecule has 1 heterocycles. The van der Waals surface area contributed by atoms with Gasteiger partial charge >= 0.3 is 12.4 Å². The number of carbonyl (C=O) groups excluding carboxylic acids is 1. The van der Waals surface area contributed by atoms with Gasteiger partial charge in [-0.1, -0.05) is 36.4 Å². The Kier molecular flexibility index (Phi) is 5.60. The molecular weight excluding hydrogens is 412 g/mol. The molecule has 0 aliphatic rings. The van der Waals surface area contributed by atoms with Crippen molar-refractivity contribution in [2.45, 2.75) is 25.3 Å². The van der Waals surface area contributed by atoms with Crippen LogP contribution in [0.15, 0.2) is 60.8 Å². The number of carbonyl (C=O) groups is 1. The van der Waals surface area contributed by atoms with Gasteiger partial charge in [0.2, 0.25) is 0 Å². The molecule has 0 bridgehead atoms. The lowest BCUT2D eigenvalue weighted by Gasteiger charge is -2.16. The van der Waals surface area contributed by atoms with Crippen LogP contribution in [0.1, 0.15) is 40.1 Å². The summed E-state index contributed by atoms with van der Waals surface area (Å²) in [6.45, 7) is 1.59. The second kappa shape index (κ2) is 7.85. The molecule has 0 spiro atoms. The summed E-state index contributed by atoms with van der Waals surface area (Å²) >= 11 is 0. The number of hydrogen-bond acceptors (Lipinski definition) is 2. The first-order valence-corrected chi connectivity index (χ1v) is 8.67. The van der Waals surface area contributed by atoms with E-state index in [-0.39, 0.29) is 4.68 Å². The summed E-state index contributed by atoms with van der Waals surface area (Å²) in [5.74, 6) is -1.04. The summed E-state index contributed by atoms with van der Waals surface area (Å²) in [6.07, 6.45) is -9.09. The zero-order valence-electron chi connectivity index (χ0n) is 15.4. The van der Waals surface area contributed by atoms with Crippen LogP contribution in [0, 0.1) is 0 Å². The maximum absolute atomic E-state index is 13.7. The van der Waals surface area contributed by atoms with Crippen molar-refractivity contribution in [1.29, 1.82) is 0 Å². The first-order chi connectivity index (χ1) is 14.0. The Morgan fingerprint density at radius 2 is 1.63 bits per heavy atom. The van der Waals surface area contributed by atoms with Crippen molar-refractivity contribution < 1.29 is 31.1 Å². The van der Waals surface area contributed by atoms with Crippen molar-refractivity contribution in [1.82, 2.24) is 15.1 Å². The molecule has 158 valence electrons. The molecule has 1 atom stereocenters. The standard InChI is InChI=1S/C20H15F6N3O/c1-12(13-6-3-2-4-7-13)28-18(30)16-11-27-29(17(16)20(24,25)26)15-9-5-8-14(10-15)19(21,22)23/h2-12H,1H3,(H,28,30)/t12-/m0/s1. The van der Waals surface area contributed by atoms with Crippen molar-refractivity contribution in [2.75, 3.05) is 0 Å². The smallest absolute Gasteiger partial charge is 0.345 e. The summed E-state index contributed by atoms with van der Waals surface area (Å²) in [4.78, 5) is 12.5. The number of alkyl halides is 6. The third-order valence-corrected chi connectivity index (χ3v) is 4.35. The minimum absolute atomic E-state index is 0.289. The molecule has 4 nitrogen and oxygen atoms in total. The van der Waals surface area contributed by atoms with Gasteiger partial charge in [0.05, 0.1) is 29.1 Å². The third kappa shape index (κ3) is 4.47. The highest BCUT2D eigenvalue weighted by Gasteiger charge is 2.41. The molecule has 0 saturated heterocycles. The molecule has 30 heavy (non-hydrogen) atoms. The predicted molar refractivity (Wildman–Crippen MR) is 95.9 cm³/mol. The SMILES string of the molecule is C[C@H](NC(=O)c1cnn(-c2cccc(C(F)(F)F)c2)c1C(F)(F)F)c1ccccc1. The van der Waals surface area contributed by atoms with Crippen LogP contribution >= 0.6 is 0 Å². The van der Waals surface area contributed by atoms with Gasteiger partial charge in [-0.05, 0) is 30.7 Å². The second-order valence-corrected chi connectivity index (χ2v) is 6.47. The minimum atomic E-state index is -5.03. The maximum atomic E-state index is 13.7. The molecular formula is C20H15F6N3O. The van der Waals surface area contributed by atoms with Crippen LogP contribution in [0.3, 0.4) is 0 Å². The average Bonchev–Trinajstić information content (AvgIpc) is 3.14. The van der Waals surface area contributed by atoms with Crippen molar-refractivity contribution in [2.24, 2.45) is 0 Å². The van der Waals surface area contributed by atoms with Gasteiger partial charge in [0, 0.05) is 0 Å². The van der Waals surface area contributed by atoms with Crippen LogP contribution < -0.4 is 5.32 Å². The largest absolute Gasteiger partial charge is 0.434 e. The van der Waals surface area contributed by atoms with Crippen molar-refractivity contribution in [3.8, 4) is 5.69 Å². The van der Waals surface area contributed by atoms with Gasteiger partial charge in [0.25, 0.3) is 5.91 Å². The lowest BCUT2D eigenvalue weighted by molar-refractivity contribution is -0.143. The van der Waals surface area contributed by atoms with Crippen LogP contribution in [-0.4, -0.2) is 15.7 Å². The summed E-state index contributed by atoms with van der Waals surface area (Å²) in [7, 11) is 0. The zero-order valence-corrected chi connectivity index (χ0v) is 15.4. The fraction of sp³-hybridized carbons (Fsp3) is 0.200. The zero-order chi connectivity index (χ0) is 22.1. The predicted octanol–water partition coefficient (Wildman–Crippen LogP) is 5.40. The summed E-state index contributed by atoms with van der Waals surface area (Å²) in [5.41, 5.74) is -3.17. The fourth-order valence-electron chi connectivity index (χ4n) is 2.90. The Labute approximate surface area is 167 Å². The molecule has 0 fully saturated rings. The number of rotatable bonds is 4. The van der Waals surface area contributed by atoms with E-state index in [0.29, 0.717) is 17.8 Å². The van der Waals surface area contributed by atoms with Crippen LogP contribution in [0.5, 0.6) is 0 Å². The third-order valence-electron chi connectivity index (χ3n) is 4.35. The van der Waals surface area contributed by atoms with Crippen LogP contribution in [0.25, 0.3) is 5.69 Å². The number of halogens is 6. The number of aromatic nitrogens is 2. The monoisotopic (exact) mass is 427 g/mol. The summed E-state index contributed by atoms with van der Waals surface area (Å²) < 4.78 is 80.3. The van der Waals surface area contributed by atoms with E-state index in [1.807, 2.05) is 0 Å². The van der Waals surface area contributed by atoms with Gasteiger partial charge < -0.3 is 5.32 Å². The van der Waals surface area contributed by atoms with E-state index < -0.39 is 46.8 Å². The molecule has 2 aromatic carbocycles. The van der Waals surface area contributed by atoms with Crippen LogP contribution in [0.2, 0.25) is 0 Å². The summed E-state index contributed by atoms with van der Waals surface area (Å²) in [6, 6.07) is 11.3. The lowest BCUT2D eigenvalue weighted by Crippen LogP contribution is -2.29. The first-order valence-electron chi connectivity index (χ1n) is 8.67. The molecule has 0 aliphatic heterocycles. The van der Waals surface area contributed by atoms with E-state index in [4.69, 9.17) is 0 Å². The number of nitrogens with one attached hydrogen (secondary N) is 1. The maximum Gasteiger partial charge on any atom is 0.434 e. The van der Waals surface area contributed by atoms with Crippen molar-refractivity contribution >= 4 is 5.91 Å². The molecule has 0 aliphatic carbocycles. The van der Waals surface area contributed by atoms with Crippen LogP contribution in [0.4, 0.5) is 26.3 Å². The van der Waals surface area contributed by atoms with E-state index in [2.05, 4.69) is 10.4 Å². The highest BCUT2D eigenvalue weighted by molar-refractivity contribution is 5.95. The average molecular weight is 427 g/mol. The van der Waals surface area contributed by atoms with Gasteiger partial charge in [-0.3, -0.25) is 4.79 Å². The molecule has 3 aromatic rings. The number of hydrogen-bond donors (Lipinski definition) is 1. The molecule has 10 heteroatoms. The molecule has 3 rings (SSSR count). The highest BCUT2D eigenvalue weighted by Crippen LogP contribution is 2.35. The highest BCUT2D eigenvalue weighted by atomic mass is 19.4. The number of benzene rings is 2. The van der Waals surface area contributed by atoms with Gasteiger partial charge in [0.1, 0.15) is 0 Å². The van der Waals surface area contributed by atoms with Crippen molar-refractivity contribution in [3.05, 3.63) is 83.2 Å².